The number of hydrogen-bond acceptors (Lipinski definition) is 6. The van der Waals surface area contributed by atoms with Gasteiger partial charge in [-0.3, -0.25) is 19.5 Å². The molecular weight excluding hydrogens is 444 g/mol. The van der Waals surface area contributed by atoms with E-state index in [-0.39, 0.29) is 11.3 Å². The molecule has 1 atom stereocenters. The Balaban J connectivity index is 1.84. The number of ketones is 1. The van der Waals surface area contributed by atoms with E-state index in [9.17, 15) is 14.7 Å². The Hall–Kier alpha value is -4.13. The maximum absolute atomic E-state index is 13.3. The third-order valence-electron chi connectivity index (χ3n) is 5.51. The Bertz CT molecular complexity index is 1250. The lowest BCUT2D eigenvalue weighted by Gasteiger charge is -2.25. The number of hydrogen-bond donors (Lipinski definition) is 1. The van der Waals surface area contributed by atoms with Gasteiger partial charge in [0.2, 0.25) is 0 Å². The Morgan fingerprint density at radius 3 is 2.43 bits per heavy atom. The maximum atomic E-state index is 13.3. The van der Waals surface area contributed by atoms with E-state index in [1.54, 1.807) is 72.9 Å². The zero-order valence-corrected chi connectivity index (χ0v) is 20.0. The number of carbonyl (C=O) groups is 2. The molecule has 1 fully saturated rings. The van der Waals surface area contributed by atoms with Crippen molar-refractivity contribution in [2.24, 2.45) is 5.92 Å². The molecule has 0 radical (unpaired) electrons. The van der Waals surface area contributed by atoms with Crippen molar-refractivity contribution >= 4 is 23.1 Å². The minimum absolute atomic E-state index is 0.0310. The van der Waals surface area contributed by atoms with Crippen LogP contribution in [0.5, 0.6) is 11.5 Å². The molecule has 2 heterocycles. The van der Waals surface area contributed by atoms with Gasteiger partial charge < -0.3 is 14.6 Å². The molecular formula is C28H28N2O5. The van der Waals surface area contributed by atoms with Crippen LogP contribution in [0.1, 0.15) is 38.1 Å². The second kappa shape index (κ2) is 10.4. The molecule has 7 heteroatoms. The molecule has 1 unspecified atom stereocenters. The first-order valence-electron chi connectivity index (χ1n) is 11.6. The summed E-state index contributed by atoms with van der Waals surface area (Å²) in [4.78, 5) is 32.4. The Labute approximate surface area is 204 Å². The standard InChI is InChI=1S/C28H28N2O5/c1-4-34-22-12-8-10-20(16-22)30-25(23-13-5-6-14-29-23)24(27(32)28(30)33)26(31)19-9-7-11-21(15-19)35-17-18(2)3/h5-16,18,25,31H,4,17H2,1-3H3/b26-24+. The van der Waals surface area contributed by atoms with E-state index in [0.29, 0.717) is 47.6 Å². The van der Waals surface area contributed by atoms with E-state index in [1.165, 1.54) is 4.90 Å². The van der Waals surface area contributed by atoms with E-state index < -0.39 is 17.7 Å². The average molecular weight is 473 g/mol. The van der Waals surface area contributed by atoms with Crippen LogP contribution in [0.2, 0.25) is 0 Å². The van der Waals surface area contributed by atoms with Crippen molar-refractivity contribution in [2.45, 2.75) is 26.8 Å². The molecule has 0 aliphatic carbocycles. The number of aromatic nitrogens is 1. The lowest BCUT2D eigenvalue weighted by Crippen LogP contribution is -2.29. The number of nitrogens with zero attached hydrogens (tertiary/aromatic N) is 2. The zero-order chi connectivity index (χ0) is 24.9. The molecule has 180 valence electrons. The van der Waals surface area contributed by atoms with E-state index >= 15 is 0 Å². The van der Waals surface area contributed by atoms with Crippen molar-refractivity contribution in [3.05, 3.63) is 89.8 Å². The first kappa shape index (κ1) is 24.0. The molecule has 1 aliphatic rings. The van der Waals surface area contributed by atoms with Crippen molar-refractivity contribution in [1.82, 2.24) is 4.98 Å². The SMILES string of the molecule is CCOc1cccc(N2C(=O)C(=O)/C(=C(/O)c3cccc(OCC(C)C)c3)C2c2ccccn2)c1. The number of Topliss-reactive ketones (excluding diaryl/α,β-unsaturated/α-hetero) is 1. The first-order valence-corrected chi connectivity index (χ1v) is 11.6. The molecule has 1 amide bonds. The summed E-state index contributed by atoms with van der Waals surface area (Å²) >= 11 is 0. The fourth-order valence-electron chi connectivity index (χ4n) is 3.96. The molecule has 1 aliphatic heterocycles. The summed E-state index contributed by atoms with van der Waals surface area (Å²) in [5.41, 5.74) is 1.29. The maximum Gasteiger partial charge on any atom is 0.300 e. The normalized spacial score (nSPS) is 17.1. The molecule has 1 N–H and O–H groups in total. The van der Waals surface area contributed by atoms with Gasteiger partial charge in [-0.15, -0.1) is 0 Å². The monoisotopic (exact) mass is 472 g/mol. The van der Waals surface area contributed by atoms with Gasteiger partial charge in [-0.2, -0.15) is 0 Å². The molecule has 35 heavy (non-hydrogen) atoms. The van der Waals surface area contributed by atoms with Crippen LogP contribution in [0.3, 0.4) is 0 Å². The summed E-state index contributed by atoms with van der Waals surface area (Å²) in [6.07, 6.45) is 1.59. The minimum atomic E-state index is -0.909. The molecule has 3 aromatic rings. The topological polar surface area (TPSA) is 89.0 Å². The van der Waals surface area contributed by atoms with Crippen LogP contribution in [0, 0.1) is 5.92 Å². The minimum Gasteiger partial charge on any atom is -0.507 e. The van der Waals surface area contributed by atoms with Crippen LogP contribution in [0.15, 0.2) is 78.5 Å². The second-order valence-electron chi connectivity index (χ2n) is 8.59. The molecule has 0 bridgehead atoms. The van der Waals surface area contributed by atoms with Crippen molar-refractivity contribution < 1.29 is 24.2 Å². The van der Waals surface area contributed by atoms with Crippen molar-refractivity contribution in [2.75, 3.05) is 18.1 Å². The third-order valence-corrected chi connectivity index (χ3v) is 5.51. The number of carbonyl (C=O) groups excluding carboxylic acids is 2. The fourth-order valence-corrected chi connectivity index (χ4v) is 3.96. The fraction of sp³-hybridized carbons (Fsp3) is 0.250. The zero-order valence-electron chi connectivity index (χ0n) is 20.0. The highest BCUT2D eigenvalue weighted by Gasteiger charge is 2.47. The summed E-state index contributed by atoms with van der Waals surface area (Å²) in [6, 6.07) is 18.2. The predicted octanol–water partition coefficient (Wildman–Crippen LogP) is 5.14. The average Bonchev–Trinajstić information content (AvgIpc) is 3.13. The van der Waals surface area contributed by atoms with E-state index in [4.69, 9.17) is 9.47 Å². The highest BCUT2D eigenvalue weighted by molar-refractivity contribution is 6.51. The highest BCUT2D eigenvalue weighted by Crippen LogP contribution is 2.42. The molecule has 7 nitrogen and oxygen atoms in total. The highest BCUT2D eigenvalue weighted by atomic mass is 16.5. The van der Waals surface area contributed by atoms with Gasteiger partial charge in [0.25, 0.3) is 11.7 Å². The largest absolute Gasteiger partial charge is 0.507 e. The van der Waals surface area contributed by atoms with Gasteiger partial charge in [0, 0.05) is 23.5 Å². The Kier molecular flexibility index (Phi) is 7.15. The first-order chi connectivity index (χ1) is 16.9. The van der Waals surface area contributed by atoms with E-state index in [2.05, 4.69) is 4.98 Å². The third kappa shape index (κ3) is 5.04. The summed E-state index contributed by atoms with van der Waals surface area (Å²) < 4.78 is 11.4. The molecule has 4 rings (SSSR count). The number of ether oxygens (including phenoxy) is 2. The summed E-state index contributed by atoms with van der Waals surface area (Å²) in [5, 5.41) is 11.3. The molecule has 2 aromatic carbocycles. The molecule has 0 spiro atoms. The van der Waals surface area contributed by atoms with Crippen LogP contribution < -0.4 is 14.4 Å². The summed E-state index contributed by atoms with van der Waals surface area (Å²) in [7, 11) is 0. The van der Waals surface area contributed by atoms with Gasteiger partial charge in [-0.25, -0.2) is 0 Å². The van der Waals surface area contributed by atoms with Crippen molar-refractivity contribution in [1.29, 1.82) is 0 Å². The van der Waals surface area contributed by atoms with Gasteiger partial charge >= 0.3 is 0 Å². The Morgan fingerprint density at radius 1 is 1.00 bits per heavy atom. The summed E-state index contributed by atoms with van der Waals surface area (Å²) in [5.74, 6) is -0.347. The van der Waals surface area contributed by atoms with Crippen molar-refractivity contribution in [3.63, 3.8) is 0 Å². The number of amides is 1. The number of anilines is 1. The number of aliphatic hydroxyl groups is 1. The summed E-state index contributed by atoms with van der Waals surface area (Å²) in [6.45, 7) is 6.92. The number of aliphatic hydroxyl groups excluding tert-OH is 1. The van der Waals surface area contributed by atoms with Crippen molar-refractivity contribution in [3.8, 4) is 11.5 Å². The molecule has 0 saturated carbocycles. The Morgan fingerprint density at radius 2 is 1.74 bits per heavy atom. The van der Waals surface area contributed by atoms with Crippen LogP contribution in [0.4, 0.5) is 5.69 Å². The van der Waals surface area contributed by atoms with Gasteiger partial charge in [0.1, 0.15) is 23.3 Å². The van der Waals surface area contributed by atoms with Gasteiger partial charge in [-0.1, -0.05) is 38.1 Å². The molecule has 1 saturated heterocycles. The second-order valence-corrected chi connectivity index (χ2v) is 8.59. The van der Waals surface area contributed by atoms with Crippen LogP contribution in [-0.4, -0.2) is 35.0 Å². The van der Waals surface area contributed by atoms with Gasteiger partial charge in [0.05, 0.1) is 24.5 Å². The van der Waals surface area contributed by atoms with E-state index in [0.717, 1.165) is 0 Å². The van der Waals surface area contributed by atoms with Crippen LogP contribution >= 0.6 is 0 Å². The van der Waals surface area contributed by atoms with E-state index in [1.807, 2.05) is 20.8 Å². The predicted molar refractivity (Wildman–Crippen MR) is 133 cm³/mol. The van der Waals surface area contributed by atoms with Gasteiger partial charge in [-0.05, 0) is 49.2 Å². The van der Waals surface area contributed by atoms with Crippen LogP contribution in [0.25, 0.3) is 5.76 Å². The number of benzene rings is 2. The number of pyridine rings is 1. The van der Waals surface area contributed by atoms with Gasteiger partial charge in [0.15, 0.2) is 0 Å². The van der Waals surface area contributed by atoms with Crippen LogP contribution in [-0.2, 0) is 9.59 Å². The smallest absolute Gasteiger partial charge is 0.300 e. The molecule has 1 aromatic heterocycles. The lowest BCUT2D eigenvalue weighted by molar-refractivity contribution is -0.132. The quantitative estimate of drug-likeness (QED) is 0.277. The lowest BCUT2D eigenvalue weighted by atomic mass is 9.98. The number of rotatable bonds is 8.